The number of nitrogens with zero attached hydrogens (tertiary/aromatic N) is 1. The molecule has 0 radical (unpaired) electrons. The minimum absolute atomic E-state index is 0. The Kier molecular flexibility index (Phi) is 9.12. The SMILES string of the molecule is CCOC(=O)c1cn2c(cc1=O)-c1cc(OC)c(OCCCCCCN)cc1[C@H]1CCC(C)(C)[C@H]12.Cl. The Morgan fingerprint density at radius 3 is 2.58 bits per heavy atom. The van der Waals surface area contributed by atoms with Crippen LogP contribution in [0.25, 0.3) is 11.3 Å². The van der Waals surface area contributed by atoms with Gasteiger partial charge in [-0.2, -0.15) is 0 Å². The highest BCUT2D eigenvalue weighted by molar-refractivity contribution is 5.89. The first kappa shape index (κ1) is 28.1. The van der Waals surface area contributed by atoms with Gasteiger partial charge < -0.3 is 24.5 Å². The van der Waals surface area contributed by atoms with Gasteiger partial charge >= 0.3 is 5.97 Å². The third-order valence-electron chi connectivity index (χ3n) is 7.52. The van der Waals surface area contributed by atoms with Crippen LogP contribution >= 0.6 is 12.4 Å². The van der Waals surface area contributed by atoms with Gasteiger partial charge in [0.1, 0.15) is 5.56 Å². The predicted molar refractivity (Wildman–Crippen MR) is 144 cm³/mol. The molecule has 2 N–H and O–H groups in total. The van der Waals surface area contributed by atoms with Gasteiger partial charge in [-0.25, -0.2) is 4.79 Å². The summed E-state index contributed by atoms with van der Waals surface area (Å²) < 4.78 is 19.2. The summed E-state index contributed by atoms with van der Waals surface area (Å²) in [6, 6.07) is 5.79. The normalized spacial score (nSPS) is 18.9. The summed E-state index contributed by atoms with van der Waals surface area (Å²) in [4.78, 5) is 25.5. The summed E-state index contributed by atoms with van der Waals surface area (Å²) in [6.07, 6.45) is 7.98. The highest BCUT2D eigenvalue weighted by Gasteiger charge is 2.47. The average Bonchev–Trinajstić information content (AvgIpc) is 3.16. The number of halogens is 1. The molecule has 0 amide bonds. The van der Waals surface area contributed by atoms with E-state index in [2.05, 4.69) is 24.5 Å². The highest BCUT2D eigenvalue weighted by atomic mass is 35.5. The van der Waals surface area contributed by atoms with Crippen LogP contribution < -0.4 is 20.6 Å². The van der Waals surface area contributed by atoms with Crippen LogP contribution in [0.4, 0.5) is 0 Å². The van der Waals surface area contributed by atoms with Crippen LogP contribution in [0.15, 0.2) is 29.2 Å². The second-order valence-corrected chi connectivity index (χ2v) is 10.3. The maximum Gasteiger partial charge on any atom is 0.343 e. The van der Waals surface area contributed by atoms with Gasteiger partial charge in [-0.05, 0) is 62.3 Å². The lowest BCUT2D eigenvalue weighted by Gasteiger charge is -2.40. The molecule has 4 rings (SSSR count). The van der Waals surface area contributed by atoms with E-state index < -0.39 is 5.97 Å². The fraction of sp³-hybridized carbons (Fsp3) is 0.571. The standard InChI is InChI=1S/C28H38N2O5.ClH/c1-5-34-27(32)21-17-30-22(16-23(21)31)20-15-24(33-4)25(35-13-9-7-6-8-12-29)14-19(20)18-10-11-28(2,3)26(18)30;/h14-18,26H,5-13,29H2,1-4H3;1H/t18-,26+;/m1./s1. The third-order valence-corrected chi connectivity index (χ3v) is 7.52. The molecule has 2 aromatic rings. The van der Waals surface area contributed by atoms with Crippen molar-refractivity contribution < 1.29 is 19.0 Å². The molecule has 198 valence electrons. The van der Waals surface area contributed by atoms with Crippen molar-refractivity contribution in [2.75, 3.05) is 26.9 Å². The Morgan fingerprint density at radius 1 is 1.14 bits per heavy atom. The molecule has 36 heavy (non-hydrogen) atoms. The van der Waals surface area contributed by atoms with E-state index in [1.165, 1.54) is 5.56 Å². The Hall–Kier alpha value is -2.51. The van der Waals surface area contributed by atoms with Crippen molar-refractivity contribution >= 4 is 18.4 Å². The Morgan fingerprint density at radius 2 is 1.89 bits per heavy atom. The molecule has 0 spiro atoms. The summed E-state index contributed by atoms with van der Waals surface area (Å²) in [5, 5.41) is 0. The van der Waals surface area contributed by atoms with Gasteiger partial charge in [0.05, 0.1) is 26.0 Å². The smallest absolute Gasteiger partial charge is 0.343 e. The molecule has 0 saturated heterocycles. The summed E-state index contributed by atoms with van der Waals surface area (Å²) in [6.45, 7) is 7.84. The lowest BCUT2D eigenvalue weighted by molar-refractivity contribution is 0.0523. The summed E-state index contributed by atoms with van der Waals surface area (Å²) >= 11 is 0. The van der Waals surface area contributed by atoms with E-state index in [9.17, 15) is 9.59 Å². The Balaban J connectivity index is 0.00000361. The van der Waals surface area contributed by atoms with Crippen molar-refractivity contribution in [2.45, 2.75) is 71.3 Å². The van der Waals surface area contributed by atoms with Gasteiger partial charge in [0.25, 0.3) is 0 Å². The number of rotatable bonds is 10. The third kappa shape index (κ3) is 5.28. The molecule has 1 aromatic carbocycles. The second-order valence-electron chi connectivity index (χ2n) is 10.3. The number of ether oxygens (including phenoxy) is 3. The lowest BCUT2D eigenvalue weighted by Crippen LogP contribution is -2.32. The first-order valence-corrected chi connectivity index (χ1v) is 12.8. The van der Waals surface area contributed by atoms with Crippen molar-refractivity contribution in [2.24, 2.45) is 11.1 Å². The Bertz CT molecular complexity index is 1140. The van der Waals surface area contributed by atoms with Crippen molar-refractivity contribution in [3.8, 4) is 22.8 Å². The minimum atomic E-state index is -0.571. The zero-order valence-electron chi connectivity index (χ0n) is 21.8. The topological polar surface area (TPSA) is 92.8 Å². The van der Waals surface area contributed by atoms with Gasteiger partial charge in [-0.15, -0.1) is 12.4 Å². The summed E-state index contributed by atoms with van der Waals surface area (Å²) in [7, 11) is 1.64. The fourth-order valence-electron chi connectivity index (χ4n) is 5.79. The number of hydrogen-bond acceptors (Lipinski definition) is 6. The molecule has 8 heteroatoms. The van der Waals surface area contributed by atoms with Crippen LogP contribution in [-0.4, -0.2) is 37.4 Å². The molecule has 1 aromatic heterocycles. The molecule has 1 fully saturated rings. The molecule has 2 atom stereocenters. The van der Waals surface area contributed by atoms with E-state index in [0.29, 0.717) is 12.4 Å². The van der Waals surface area contributed by atoms with Crippen LogP contribution in [0.5, 0.6) is 11.5 Å². The highest BCUT2D eigenvalue weighted by Crippen LogP contribution is 2.59. The van der Waals surface area contributed by atoms with E-state index in [1.807, 2.05) is 6.07 Å². The molecule has 1 aliphatic carbocycles. The minimum Gasteiger partial charge on any atom is -0.493 e. The predicted octanol–water partition coefficient (Wildman–Crippen LogP) is 5.48. The number of benzene rings is 1. The van der Waals surface area contributed by atoms with Gasteiger partial charge in [-0.3, -0.25) is 4.79 Å². The van der Waals surface area contributed by atoms with Crippen LogP contribution in [-0.2, 0) is 4.74 Å². The molecule has 0 bridgehead atoms. The van der Waals surface area contributed by atoms with Crippen LogP contribution in [0, 0.1) is 5.41 Å². The van der Waals surface area contributed by atoms with Crippen LogP contribution in [0.1, 0.15) is 87.2 Å². The van der Waals surface area contributed by atoms with Gasteiger partial charge in [-0.1, -0.05) is 26.7 Å². The zero-order valence-corrected chi connectivity index (χ0v) is 22.6. The van der Waals surface area contributed by atoms with Crippen molar-refractivity contribution in [3.05, 3.63) is 45.7 Å². The van der Waals surface area contributed by atoms with Crippen LogP contribution in [0.2, 0.25) is 0 Å². The molecule has 2 aliphatic rings. The second kappa shape index (κ2) is 11.7. The number of esters is 1. The largest absolute Gasteiger partial charge is 0.493 e. The number of aromatic nitrogens is 1. The summed E-state index contributed by atoms with van der Waals surface area (Å²) in [5.41, 5.74) is 8.30. The quantitative estimate of drug-likeness (QED) is 0.331. The van der Waals surface area contributed by atoms with Crippen LogP contribution in [0.3, 0.4) is 0 Å². The lowest BCUT2D eigenvalue weighted by atomic mass is 9.77. The number of pyridine rings is 1. The number of unbranched alkanes of at least 4 members (excludes halogenated alkanes) is 3. The maximum atomic E-state index is 13.0. The van der Waals surface area contributed by atoms with Gasteiger partial charge in [0.2, 0.25) is 0 Å². The van der Waals surface area contributed by atoms with Gasteiger partial charge in [0.15, 0.2) is 16.9 Å². The van der Waals surface area contributed by atoms with Gasteiger partial charge in [0, 0.05) is 29.8 Å². The fourth-order valence-corrected chi connectivity index (χ4v) is 5.79. The van der Waals surface area contributed by atoms with E-state index in [-0.39, 0.29) is 47.4 Å². The van der Waals surface area contributed by atoms with E-state index >= 15 is 0 Å². The molecule has 7 nitrogen and oxygen atoms in total. The summed E-state index contributed by atoms with van der Waals surface area (Å²) in [5.74, 6) is 1.07. The Labute approximate surface area is 219 Å². The monoisotopic (exact) mass is 518 g/mol. The molecule has 0 unspecified atom stereocenters. The number of hydrogen-bond donors (Lipinski definition) is 1. The number of nitrogens with two attached hydrogens (primary N) is 1. The molecular weight excluding hydrogens is 480 g/mol. The van der Waals surface area contributed by atoms with Crippen molar-refractivity contribution in [1.82, 2.24) is 4.57 Å². The van der Waals surface area contributed by atoms with E-state index in [0.717, 1.165) is 62.1 Å². The maximum absolute atomic E-state index is 13.0. The molecular formula is C28H39ClN2O5. The first-order chi connectivity index (χ1) is 16.8. The first-order valence-electron chi connectivity index (χ1n) is 12.8. The molecule has 2 heterocycles. The van der Waals surface area contributed by atoms with Crippen molar-refractivity contribution in [3.63, 3.8) is 0 Å². The number of fused-ring (bicyclic) bond motifs is 6. The van der Waals surface area contributed by atoms with Crippen molar-refractivity contribution in [1.29, 1.82) is 0 Å². The number of methoxy groups -OCH3 is 1. The number of carbonyl (C=O) groups excluding carboxylic acids is 1. The van der Waals surface area contributed by atoms with E-state index in [4.69, 9.17) is 19.9 Å². The zero-order chi connectivity index (χ0) is 25.2. The van der Waals surface area contributed by atoms with E-state index in [1.54, 1.807) is 26.3 Å². The average molecular weight is 519 g/mol. The number of carbonyl (C=O) groups is 1. The molecule has 1 saturated carbocycles. The molecule has 1 aliphatic heterocycles.